The van der Waals surface area contributed by atoms with Gasteiger partial charge in [-0.25, -0.2) is 4.79 Å². The van der Waals surface area contributed by atoms with E-state index >= 15 is 0 Å². The molecule has 0 aromatic rings. The number of hydrogen-bond donors (Lipinski definition) is 0. The smallest absolute Gasteiger partial charge is 0.329 e. The lowest BCUT2D eigenvalue weighted by Crippen LogP contribution is -2.46. The first-order valence-electron chi connectivity index (χ1n) is 11.2. The molecule has 4 unspecified atom stereocenters. The van der Waals surface area contributed by atoms with Gasteiger partial charge in [0.25, 0.3) is 0 Å². The van der Waals surface area contributed by atoms with Crippen molar-refractivity contribution in [2.75, 3.05) is 6.54 Å². The van der Waals surface area contributed by atoms with Crippen LogP contribution in [0.5, 0.6) is 0 Å². The molecule has 3 rings (SSSR count). The number of rotatable bonds is 6. The van der Waals surface area contributed by atoms with Crippen LogP contribution in [0.25, 0.3) is 0 Å². The largest absolute Gasteiger partial charge is 0.461 e. The molecule has 4 heteroatoms. The van der Waals surface area contributed by atoms with Crippen molar-refractivity contribution in [1.82, 2.24) is 4.90 Å². The highest BCUT2D eigenvalue weighted by atomic mass is 16.5. The first-order valence-corrected chi connectivity index (χ1v) is 11.2. The van der Waals surface area contributed by atoms with Crippen LogP contribution in [0, 0.1) is 22.7 Å². The zero-order valence-corrected chi connectivity index (χ0v) is 18.1. The van der Waals surface area contributed by atoms with Crippen LogP contribution in [0.2, 0.25) is 0 Å². The molecule has 1 heterocycles. The van der Waals surface area contributed by atoms with Crippen LogP contribution in [-0.2, 0) is 14.3 Å². The summed E-state index contributed by atoms with van der Waals surface area (Å²) in [5.74, 6) is 1.33. The number of ether oxygens (including phenoxy) is 1. The minimum absolute atomic E-state index is 0.0669. The van der Waals surface area contributed by atoms with Gasteiger partial charge in [0.1, 0.15) is 6.04 Å². The number of nitrogens with zero attached hydrogens (tertiary/aromatic N) is 1. The lowest BCUT2D eigenvalue weighted by molar-refractivity contribution is -0.158. The molecule has 4 atom stereocenters. The number of esters is 1. The number of amides is 1. The molecule has 4 nitrogen and oxygen atoms in total. The summed E-state index contributed by atoms with van der Waals surface area (Å²) in [6.07, 6.45) is 9.59. The maximum absolute atomic E-state index is 12.7. The number of carbonyl (C=O) groups is 2. The van der Waals surface area contributed by atoms with Crippen molar-refractivity contribution in [3.63, 3.8) is 0 Å². The van der Waals surface area contributed by atoms with E-state index in [0.29, 0.717) is 29.7 Å². The molecule has 0 spiro atoms. The molecule has 0 radical (unpaired) electrons. The maximum Gasteiger partial charge on any atom is 0.329 e. The van der Waals surface area contributed by atoms with Gasteiger partial charge in [-0.3, -0.25) is 4.79 Å². The van der Waals surface area contributed by atoms with E-state index in [2.05, 4.69) is 20.8 Å². The summed E-state index contributed by atoms with van der Waals surface area (Å²) in [6.45, 7) is 12.0. The zero-order chi connectivity index (χ0) is 19.8. The Balaban J connectivity index is 1.61. The van der Waals surface area contributed by atoms with E-state index in [1.807, 2.05) is 13.8 Å². The third kappa shape index (κ3) is 3.65. The topological polar surface area (TPSA) is 46.6 Å². The second kappa shape index (κ2) is 7.75. The van der Waals surface area contributed by atoms with Crippen molar-refractivity contribution in [1.29, 1.82) is 0 Å². The fourth-order valence-corrected chi connectivity index (χ4v) is 6.15. The Bertz CT molecular complexity index is 568. The van der Waals surface area contributed by atoms with Gasteiger partial charge in [-0.2, -0.15) is 0 Å². The van der Waals surface area contributed by atoms with Gasteiger partial charge in [0.2, 0.25) is 5.91 Å². The molecule has 0 N–H and O–H groups in total. The van der Waals surface area contributed by atoms with E-state index in [4.69, 9.17) is 4.74 Å². The highest BCUT2D eigenvalue weighted by molar-refractivity contribution is 5.85. The SMILES string of the molecule is CCC(=O)N1CCCC1C(=O)OC(C)CC1CCC(C)(C)C1(C)C1CCC1. The highest BCUT2D eigenvalue weighted by Gasteiger charge is 2.56. The predicted molar refractivity (Wildman–Crippen MR) is 107 cm³/mol. The molecule has 0 aromatic heterocycles. The highest BCUT2D eigenvalue weighted by Crippen LogP contribution is 2.64. The summed E-state index contributed by atoms with van der Waals surface area (Å²) in [7, 11) is 0. The molecule has 1 aliphatic heterocycles. The number of carbonyl (C=O) groups excluding carboxylic acids is 2. The summed E-state index contributed by atoms with van der Waals surface area (Å²) in [6, 6.07) is -0.363. The van der Waals surface area contributed by atoms with Crippen molar-refractivity contribution in [2.45, 2.75) is 105 Å². The van der Waals surface area contributed by atoms with Crippen LogP contribution in [-0.4, -0.2) is 35.5 Å². The Morgan fingerprint density at radius 3 is 2.41 bits per heavy atom. The molecule has 1 saturated heterocycles. The van der Waals surface area contributed by atoms with Gasteiger partial charge in [0.05, 0.1) is 6.10 Å². The number of likely N-dealkylation sites (tertiary alicyclic amines) is 1. The van der Waals surface area contributed by atoms with E-state index in [9.17, 15) is 9.59 Å². The van der Waals surface area contributed by atoms with E-state index in [0.717, 1.165) is 25.2 Å². The van der Waals surface area contributed by atoms with Gasteiger partial charge in [-0.15, -0.1) is 0 Å². The van der Waals surface area contributed by atoms with Crippen molar-refractivity contribution >= 4 is 11.9 Å². The first-order chi connectivity index (χ1) is 12.7. The summed E-state index contributed by atoms with van der Waals surface area (Å²) in [5, 5.41) is 0. The van der Waals surface area contributed by atoms with Crippen molar-refractivity contribution < 1.29 is 14.3 Å². The molecule has 2 aliphatic carbocycles. The second-order valence-corrected chi connectivity index (χ2v) is 10.1. The quantitative estimate of drug-likeness (QED) is 0.615. The maximum atomic E-state index is 12.7. The van der Waals surface area contributed by atoms with Crippen molar-refractivity contribution in [2.24, 2.45) is 22.7 Å². The molecular formula is C23H39NO3. The molecule has 0 bridgehead atoms. The fourth-order valence-electron chi connectivity index (χ4n) is 6.15. The minimum atomic E-state index is -0.363. The minimum Gasteiger partial charge on any atom is -0.461 e. The first kappa shape index (κ1) is 20.7. The number of hydrogen-bond acceptors (Lipinski definition) is 3. The molecule has 2 saturated carbocycles. The molecule has 27 heavy (non-hydrogen) atoms. The normalized spacial score (nSPS) is 34.3. The Kier molecular flexibility index (Phi) is 5.93. The van der Waals surface area contributed by atoms with Gasteiger partial charge in [0.15, 0.2) is 0 Å². The zero-order valence-electron chi connectivity index (χ0n) is 18.1. The Labute approximate surface area is 165 Å². The summed E-state index contributed by atoms with van der Waals surface area (Å²) in [5.41, 5.74) is 0.714. The summed E-state index contributed by atoms with van der Waals surface area (Å²) >= 11 is 0. The Hall–Kier alpha value is -1.06. The van der Waals surface area contributed by atoms with Crippen molar-refractivity contribution in [3.05, 3.63) is 0 Å². The average molecular weight is 378 g/mol. The van der Waals surface area contributed by atoms with Crippen molar-refractivity contribution in [3.8, 4) is 0 Å². The van der Waals surface area contributed by atoms with Crippen LogP contribution in [0.4, 0.5) is 0 Å². The van der Waals surface area contributed by atoms with E-state index in [-0.39, 0.29) is 24.0 Å². The molecule has 3 fully saturated rings. The lowest BCUT2D eigenvalue weighted by Gasteiger charge is -2.52. The Morgan fingerprint density at radius 1 is 1.11 bits per heavy atom. The summed E-state index contributed by atoms with van der Waals surface area (Å²) < 4.78 is 5.88. The van der Waals surface area contributed by atoms with Crippen LogP contribution >= 0.6 is 0 Å². The van der Waals surface area contributed by atoms with E-state index < -0.39 is 0 Å². The lowest BCUT2D eigenvalue weighted by atomic mass is 9.53. The monoisotopic (exact) mass is 377 g/mol. The third-order valence-electron chi connectivity index (χ3n) is 8.46. The molecule has 3 aliphatic rings. The van der Waals surface area contributed by atoms with Crippen LogP contribution in [0.1, 0.15) is 92.4 Å². The van der Waals surface area contributed by atoms with Crippen LogP contribution < -0.4 is 0 Å². The van der Waals surface area contributed by atoms with Crippen LogP contribution in [0.15, 0.2) is 0 Å². The van der Waals surface area contributed by atoms with Gasteiger partial charge in [0, 0.05) is 13.0 Å². The average Bonchev–Trinajstić information content (AvgIpc) is 3.12. The molecular weight excluding hydrogens is 338 g/mol. The van der Waals surface area contributed by atoms with E-state index in [1.54, 1.807) is 4.90 Å². The molecule has 154 valence electrons. The van der Waals surface area contributed by atoms with E-state index in [1.165, 1.54) is 32.1 Å². The Morgan fingerprint density at radius 2 is 1.81 bits per heavy atom. The fraction of sp³-hybridized carbons (Fsp3) is 0.913. The van der Waals surface area contributed by atoms with Gasteiger partial charge < -0.3 is 9.64 Å². The van der Waals surface area contributed by atoms with Gasteiger partial charge >= 0.3 is 5.97 Å². The van der Waals surface area contributed by atoms with Crippen LogP contribution in [0.3, 0.4) is 0 Å². The van der Waals surface area contributed by atoms with Gasteiger partial charge in [-0.05, 0) is 74.5 Å². The van der Waals surface area contributed by atoms with Gasteiger partial charge in [-0.1, -0.05) is 34.1 Å². The molecule has 0 aromatic carbocycles. The molecule has 1 amide bonds. The summed E-state index contributed by atoms with van der Waals surface area (Å²) in [4.78, 5) is 26.5. The standard InChI is InChI=1S/C23H39NO3/c1-6-20(25)24-14-8-11-19(24)21(26)27-16(2)15-18-12-13-22(3,4)23(18,5)17-9-7-10-17/h16-19H,6-15H2,1-5H3. The second-order valence-electron chi connectivity index (χ2n) is 10.1. The predicted octanol–water partition coefficient (Wildman–Crippen LogP) is 4.95. The third-order valence-corrected chi connectivity index (χ3v) is 8.46.